The molecule has 5 rings (SSSR count). The van der Waals surface area contributed by atoms with E-state index in [9.17, 15) is 14.7 Å². The molecule has 39 heavy (non-hydrogen) atoms. The molecular weight excluding hydrogens is 496 g/mol. The van der Waals surface area contributed by atoms with Crippen LogP contribution in [-0.4, -0.2) is 44.8 Å². The molecule has 0 aliphatic carbocycles. The van der Waals surface area contributed by atoms with Gasteiger partial charge >= 0.3 is 0 Å². The van der Waals surface area contributed by atoms with E-state index in [-0.39, 0.29) is 23.5 Å². The van der Waals surface area contributed by atoms with Crippen LogP contribution in [0.4, 0.5) is 11.4 Å². The van der Waals surface area contributed by atoms with Gasteiger partial charge < -0.3 is 24.2 Å². The fourth-order valence-electron chi connectivity index (χ4n) is 4.91. The van der Waals surface area contributed by atoms with Crippen molar-refractivity contribution in [2.24, 2.45) is 0 Å². The molecule has 1 saturated heterocycles. The summed E-state index contributed by atoms with van der Waals surface area (Å²) < 4.78 is 16.5. The number of Topliss-reactive ketones (excluding diaryl/α,β-unsaturated/α-hetero) is 1. The van der Waals surface area contributed by atoms with E-state index < -0.39 is 17.7 Å². The van der Waals surface area contributed by atoms with Crippen molar-refractivity contribution in [3.05, 3.63) is 82.9 Å². The van der Waals surface area contributed by atoms with E-state index in [4.69, 9.17) is 14.2 Å². The van der Waals surface area contributed by atoms with Crippen molar-refractivity contribution in [1.29, 1.82) is 0 Å². The summed E-state index contributed by atoms with van der Waals surface area (Å²) in [6.45, 7) is 6.26. The van der Waals surface area contributed by atoms with Crippen molar-refractivity contribution >= 4 is 28.8 Å². The van der Waals surface area contributed by atoms with Crippen molar-refractivity contribution < 1.29 is 28.9 Å². The van der Waals surface area contributed by atoms with Crippen LogP contribution in [0.5, 0.6) is 17.2 Å². The Kier molecular flexibility index (Phi) is 6.50. The second-order valence-electron chi connectivity index (χ2n) is 10.9. The Morgan fingerprint density at radius 2 is 1.67 bits per heavy atom. The largest absolute Gasteiger partial charge is 0.507 e. The standard InChI is InChI=1S/C31H32N2O6/c1-31(2,3)19-9-13-23(37-6)22(15-19)28(34)26-27(18-7-10-20(11-8-18)32(4)5)33(30(36)29(26)35)21-12-14-24-25(16-21)39-17-38-24/h7-16,27,34H,17H2,1-6H3/b28-26+. The maximum atomic E-state index is 13.7. The van der Waals surface area contributed by atoms with Crippen LogP contribution in [0.3, 0.4) is 0 Å². The van der Waals surface area contributed by atoms with Gasteiger partial charge in [0.05, 0.1) is 24.3 Å². The van der Waals surface area contributed by atoms with E-state index in [1.54, 1.807) is 24.3 Å². The second kappa shape index (κ2) is 9.69. The number of carbonyl (C=O) groups excluding carboxylic acids is 2. The van der Waals surface area contributed by atoms with Gasteiger partial charge in [0.1, 0.15) is 11.5 Å². The molecule has 0 aromatic heterocycles. The fourth-order valence-corrected chi connectivity index (χ4v) is 4.91. The van der Waals surface area contributed by atoms with Gasteiger partial charge in [-0.2, -0.15) is 0 Å². The number of aliphatic hydroxyl groups is 1. The third kappa shape index (κ3) is 4.56. The lowest BCUT2D eigenvalue weighted by Crippen LogP contribution is -2.29. The predicted molar refractivity (Wildman–Crippen MR) is 150 cm³/mol. The molecule has 2 aliphatic heterocycles. The number of rotatable bonds is 5. The molecule has 3 aromatic rings. The van der Waals surface area contributed by atoms with Gasteiger partial charge in [-0.1, -0.05) is 39.0 Å². The van der Waals surface area contributed by atoms with Crippen molar-refractivity contribution in [2.75, 3.05) is 37.8 Å². The lowest BCUT2D eigenvalue weighted by molar-refractivity contribution is -0.132. The molecule has 1 N–H and O–H groups in total. The number of ether oxygens (including phenoxy) is 3. The van der Waals surface area contributed by atoms with Gasteiger partial charge in [-0.3, -0.25) is 14.5 Å². The lowest BCUT2D eigenvalue weighted by Gasteiger charge is -2.26. The lowest BCUT2D eigenvalue weighted by atomic mass is 9.85. The molecular formula is C31H32N2O6. The number of fused-ring (bicyclic) bond motifs is 1. The number of hydrogen-bond donors (Lipinski definition) is 1. The highest BCUT2D eigenvalue weighted by atomic mass is 16.7. The quantitative estimate of drug-likeness (QED) is 0.269. The number of methoxy groups -OCH3 is 1. The minimum Gasteiger partial charge on any atom is -0.507 e. The van der Waals surface area contributed by atoms with Crippen LogP contribution in [0.2, 0.25) is 0 Å². The Labute approximate surface area is 228 Å². The van der Waals surface area contributed by atoms with Crippen LogP contribution in [-0.2, 0) is 15.0 Å². The first-order valence-corrected chi connectivity index (χ1v) is 12.7. The number of benzene rings is 3. The van der Waals surface area contributed by atoms with E-state index >= 15 is 0 Å². The summed E-state index contributed by atoms with van der Waals surface area (Å²) in [5.41, 5.74) is 3.15. The topological polar surface area (TPSA) is 88.5 Å². The summed E-state index contributed by atoms with van der Waals surface area (Å²) in [6.07, 6.45) is 0. The minimum absolute atomic E-state index is 0.0142. The molecule has 8 nitrogen and oxygen atoms in total. The maximum Gasteiger partial charge on any atom is 0.300 e. The first-order chi connectivity index (χ1) is 18.5. The Balaban J connectivity index is 1.73. The van der Waals surface area contributed by atoms with E-state index in [0.29, 0.717) is 34.1 Å². The molecule has 1 fully saturated rings. The number of anilines is 2. The van der Waals surface area contributed by atoms with Crippen LogP contribution in [0.15, 0.2) is 66.2 Å². The van der Waals surface area contributed by atoms with Gasteiger partial charge in [0.25, 0.3) is 11.7 Å². The molecule has 0 bridgehead atoms. The number of nitrogens with zero attached hydrogens (tertiary/aromatic N) is 2. The second-order valence-corrected chi connectivity index (χ2v) is 10.9. The predicted octanol–water partition coefficient (Wildman–Crippen LogP) is 5.41. The molecule has 1 unspecified atom stereocenters. The molecule has 0 saturated carbocycles. The van der Waals surface area contributed by atoms with Crippen molar-refractivity contribution in [1.82, 2.24) is 0 Å². The summed E-state index contributed by atoms with van der Waals surface area (Å²) in [6, 6.07) is 17.3. The summed E-state index contributed by atoms with van der Waals surface area (Å²) in [7, 11) is 5.37. The SMILES string of the molecule is COc1ccc(C(C)(C)C)cc1/C(O)=C1\C(=O)C(=O)N(c2ccc3c(c2)OCO3)C1c1ccc(N(C)C)cc1. The first kappa shape index (κ1) is 26.2. The third-order valence-electron chi connectivity index (χ3n) is 7.12. The van der Waals surface area contributed by atoms with Gasteiger partial charge in [-0.15, -0.1) is 0 Å². The summed E-state index contributed by atoms with van der Waals surface area (Å²) in [5, 5.41) is 11.8. The highest BCUT2D eigenvalue weighted by Crippen LogP contribution is 2.46. The Hall–Kier alpha value is -4.46. The maximum absolute atomic E-state index is 13.7. The monoisotopic (exact) mass is 528 g/mol. The zero-order chi connectivity index (χ0) is 28.1. The van der Waals surface area contributed by atoms with E-state index in [1.165, 1.54) is 12.0 Å². The van der Waals surface area contributed by atoms with Gasteiger partial charge in [0, 0.05) is 31.5 Å². The average Bonchev–Trinajstić information content (AvgIpc) is 3.49. The van der Waals surface area contributed by atoms with Crippen molar-refractivity contribution in [3.8, 4) is 17.2 Å². The smallest absolute Gasteiger partial charge is 0.300 e. The number of amides is 1. The summed E-state index contributed by atoms with van der Waals surface area (Å²) in [5.74, 6) is -0.377. The zero-order valence-corrected chi connectivity index (χ0v) is 22.9. The Morgan fingerprint density at radius 1 is 0.974 bits per heavy atom. The molecule has 3 aromatic carbocycles. The minimum atomic E-state index is -0.885. The van der Waals surface area contributed by atoms with Crippen LogP contribution >= 0.6 is 0 Å². The number of hydrogen-bond acceptors (Lipinski definition) is 7. The molecule has 2 aliphatic rings. The van der Waals surface area contributed by atoms with E-state index in [0.717, 1.165) is 11.3 Å². The molecule has 0 radical (unpaired) electrons. The fraction of sp³-hybridized carbons (Fsp3) is 0.290. The van der Waals surface area contributed by atoms with Crippen LogP contribution in [0.25, 0.3) is 5.76 Å². The number of carbonyl (C=O) groups is 2. The van der Waals surface area contributed by atoms with Gasteiger partial charge in [-0.25, -0.2) is 0 Å². The van der Waals surface area contributed by atoms with Gasteiger partial charge in [0.2, 0.25) is 6.79 Å². The van der Waals surface area contributed by atoms with E-state index in [2.05, 4.69) is 20.8 Å². The van der Waals surface area contributed by atoms with Crippen LogP contribution in [0, 0.1) is 0 Å². The van der Waals surface area contributed by atoms with Crippen molar-refractivity contribution in [2.45, 2.75) is 32.2 Å². The molecule has 1 atom stereocenters. The molecule has 8 heteroatoms. The van der Waals surface area contributed by atoms with E-state index in [1.807, 2.05) is 55.4 Å². The summed E-state index contributed by atoms with van der Waals surface area (Å²) >= 11 is 0. The van der Waals surface area contributed by atoms with Gasteiger partial charge in [-0.05, 0) is 52.9 Å². The van der Waals surface area contributed by atoms with Crippen LogP contribution < -0.4 is 24.0 Å². The van der Waals surface area contributed by atoms with Crippen LogP contribution in [0.1, 0.15) is 43.5 Å². The Bertz CT molecular complexity index is 1480. The molecule has 2 heterocycles. The van der Waals surface area contributed by atoms with Gasteiger partial charge in [0.15, 0.2) is 11.5 Å². The molecule has 202 valence electrons. The number of ketones is 1. The average molecular weight is 529 g/mol. The summed E-state index contributed by atoms with van der Waals surface area (Å²) in [4.78, 5) is 30.6. The zero-order valence-electron chi connectivity index (χ0n) is 22.9. The van der Waals surface area contributed by atoms with Crippen molar-refractivity contribution in [3.63, 3.8) is 0 Å². The number of aliphatic hydroxyl groups excluding tert-OH is 1. The third-order valence-corrected chi connectivity index (χ3v) is 7.12. The normalized spacial score (nSPS) is 18.0. The Morgan fingerprint density at radius 3 is 2.31 bits per heavy atom. The molecule has 0 spiro atoms. The highest BCUT2D eigenvalue weighted by molar-refractivity contribution is 6.51. The highest BCUT2D eigenvalue weighted by Gasteiger charge is 2.47. The first-order valence-electron chi connectivity index (χ1n) is 12.7. The molecule has 1 amide bonds.